The molecule has 12 heteroatoms. The fraction of sp³-hybridized carbons (Fsp3) is 0.318. The van der Waals surface area contributed by atoms with Gasteiger partial charge in [0.15, 0.2) is 11.5 Å². The molecule has 0 saturated carbocycles. The Bertz CT molecular complexity index is 2280. The predicted molar refractivity (Wildman–Crippen MR) is 205 cm³/mol. The molecule has 0 aliphatic carbocycles. The molecule has 10 nitrogen and oxygen atoms in total. The number of anilines is 1. The molecule has 0 spiro atoms. The van der Waals surface area contributed by atoms with Crippen LogP contribution in [0, 0.1) is 11.6 Å². The number of morpholine rings is 1. The third-order valence-corrected chi connectivity index (χ3v) is 11.5. The lowest BCUT2D eigenvalue weighted by atomic mass is 9.92. The standard InChI is InChI=1S/C44H42F2N4O6/c45-37-8-5-9-38(46)36(37)26-50(30-11-13-32(51)14-12-30)44(53)35-21-40(48-15-4-3-10-39(35)48)33-22-41-42(56-27-55-41)23-34(33)43(52)49-24-29-7-2-1-6-28(29)20-31(49)25-47-16-18-54-19-17-47/h1-2,5-9,11-14,21-23,31,51H,3-4,10,15-20,24-27H2/t31-/m0/s1. The molecule has 4 aliphatic heterocycles. The molecule has 0 radical (unpaired) electrons. The summed E-state index contributed by atoms with van der Waals surface area (Å²) in [4.78, 5) is 35.7. The van der Waals surface area contributed by atoms with Crippen LogP contribution in [-0.4, -0.2) is 77.0 Å². The number of phenolic OH excluding ortho intramolecular Hbond substituents is 1. The fourth-order valence-electron chi connectivity index (χ4n) is 8.54. The van der Waals surface area contributed by atoms with E-state index in [-0.39, 0.29) is 36.6 Å². The molecule has 4 aliphatic rings. The van der Waals surface area contributed by atoms with E-state index in [0.29, 0.717) is 85.3 Å². The van der Waals surface area contributed by atoms with Crippen molar-refractivity contribution in [1.82, 2.24) is 14.4 Å². The molecule has 0 unspecified atom stereocenters. The summed E-state index contributed by atoms with van der Waals surface area (Å²) in [5.74, 6) is -1.16. The molecule has 1 N–H and O–H groups in total. The van der Waals surface area contributed by atoms with Crippen LogP contribution in [-0.2, 0) is 37.2 Å². The molecular weight excluding hydrogens is 719 g/mol. The summed E-state index contributed by atoms with van der Waals surface area (Å²) in [6, 6.07) is 23.2. The van der Waals surface area contributed by atoms with E-state index >= 15 is 13.6 Å². The second-order valence-corrected chi connectivity index (χ2v) is 14.8. The van der Waals surface area contributed by atoms with E-state index in [1.165, 1.54) is 40.8 Å². The smallest absolute Gasteiger partial charge is 0.260 e. The Kier molecular flexibility index (Phi) is 9.68. The lowest BCUT2D eigenvalue weighted by Gasteiger charge is -2.40. The van der Waals surface area contributed by atoms with Crippen LogP contribution in [0.2, 0.25) is 0 Å². The fourth-order valence-corrected chi connectivity index (χ4v) is 8.54. The van der Waals surface area contributed by atoms with Crippen LogP contribution in [0.3, 0.4) is 0 Å². The second kappa shape index (κ2) is 15.1. The van der Waals surface area contributed by atoms with Crippen molar-refractivity contribution in [3.05, 3.63) is 130 Å². The van der Waals surface area contributed by atoms with Crippen molar-refractivity contribution in [1.29, 1.82) is 0 Å². The number of aromatic hydroxyl groups is 1. The maximum Gasteiger partial charge on any atom is 0.260 e. The number of hydrogen-bond acceptors (Lipinski definition) is 7. The van der Waals surface area contributed by atoms with Gasteiger partial charge in [0.25, 0.3) is 11.8 Å². The Hall–Kier alpha value is -5.72. The highest BCUT2D eigenvalue weighted by Gasteiger charge is 2.36. The molecule has 56 heavy (non-hydrogen) atoms. The van der Waals surface area contributed by atoms with Gasteiger partial charge in [-0.1, -0.05) is 30.3 Å². The zero-order valence-corrected chi connectivity index (χ0v) is 30.9. The first-order valence-electron chi connectivity index (χ1n) is 19.2. The van der Waals surface area contributed by atoms with Gasteiger partial charge in [-0.3, -0.25) is 14.5 Å². The highest BCUT2D eigenvalue weighted by atomic mass is 19.1. The van der Waals surface area contributed by atoms with E-state index in [2.05, 4.69) is 21.6 Å². The van der Waals surface area contributed by atoms with Gasteiger partial charge in [-0.05, 0) is 91.4 Å². The zero-order valence-electron chi connectivity index (χ0n) is 30.9. The molecule has 1 saturated heterocycles. The minimum atomic E-state index is -0.767. The van der Waals surface area contributed by atoms with Gasteiger partial charge in [0.05, 0.1) is 30.9 Å². The number of carbonyl (C=O) groups excluding carboxylic acids is 2. The topological polar surface area (TPSA) is 96.7 Å². The Balaban J connectivity index is 1.14. The molecule has 288 valence electrons. The average Bonchev–Trinajstić information content (AvgIpc) is 3.85. The van der Waals surface area contributed by atoms with E-state index in [0.717, 1.165) is 37.2 Å². The van der Waals surface area contributed by atoms with Crippen molar-refractivity contribution in [2.24, 2.45) is 0 Å². The third-order valence-electron chi connectivity index (χ3n) is 11.5. The molecule has 5 heterocycles. The second-order valence-electron chi connectivity index (χ2n) is 14.8. The summed E-state index contributed by atoms with van der Waals surface area (Å²) in [6.45, 7) is 4.32. The van der Waals surface area contributed by atoms with Crippen LogP contribution in [0.4, 0.5) is 14.5 Å². The van der Waals surface area contributed by atoms with Crippen molar-refractivity contribution in [2.45, 2.75) is 51.4 Å². The summed E-state index contributed by atoms with van der Waals surface area (Å²) in [7, 11) is 0. The van der Waals surface area contributed by atoms with Crippen LogP contribution in [0.1, 0.15) is 55.9 Å². The average molecular weight is 761 g/mol. The first-order valence-corrected chi connectivity index (χ1v) is 19.2. The first kappa shape index (κ1) is 35.9. The van der Waals surface area contributed by atoms with Gasteiger partial charge >= 0.3 is 0 Å². The predicted octanol–water partition coefficient (Wildman–Crippen LogP) is 6.95. The number of halogens is 2. The van der Waals surface area contributed by atoms with Gasteiger partial charge in [0, 0.05) is 67.0 Å². The number of carbonyl (C=O) groups is 2. The van der Waals surface area contributed by atoms with Gasteiger partial charge < -0.3 is 33.7 Å². The van der Waals surface area contributed by atoms with Crippen LogP contribution < -0.4 is 14.4 Å². The summed E-state index contributed by atoms with van der Waals surface area (Å²) in [6.07, 6.45) is 3.02. The van der Waals surface area contributed by atoms with Crippen molar-refractivity contribution >= 4 is 17.5 Å². The van der Waals surface area contributed by atoms with Crippen molar-refractivity contribution in [2.75, 3.05) is 44.5 Å². The van der Waals surface area contributed by atoms with E-state index < -0.39 is 17.5 Å². The van der Waals surface area contributed by atoms with E-state index in [9.17, 15) is 9.90 Å². The lowest BCUT2D eigenvalue weighted by molar-refractivity contribution is 0.0193. The molecule has 1 aromatic heterocycles. The highest BCUT2D eigenvalue weighted by molar-refractivity contribution is 6.09. The highest BCUT2D eigenvalue weighted by Crippen LogP contribution is 2.42. The summed E-state index contributed by atoms with van der Waals surface area (Å²) in [5, 5.41) is 10.1. The van der Waals surface area contributed by atoms with Crippen LogP contribution in [0.5, 0.6) is 17.2 Å². The van der Waals surface area contributed by atoms with E-state index in [4.69, 9.17) is 14.2 Å². The molecule has 5 aromatic rings. The Morgan fingerprint density at radius 2 is 1.55 bits per heavy atom. The Labute approximate surface area is 323 Å². The normalized spacial score (nSPS) is 17.7. The molecular formula is C44H42F2N4O6. The number of hydrogen-bond donors (Lipinski definition) is 1. The number of benzene rings is 4. The Morgan fingerprint density at radius 3 is 2.32 bits per heavy atom. The number of aromatic nitrogens is 1. The van der Waals surface area contributed by atoms with Gasteiger partial charge in [0.1, 0.15) is 17.4 Å². The van der Waals surface area contributed by atoms with E-state index in [1.54, 1.807) is 24.3 Å². The lowest BCUT2D eigenvalue weighted by Crippen LogP contribution is -2.52. The number of ether oxygens (including phenoxy) is 3. The number of rotatable bonds is 8. The number of fused-ring (bicyclic) bond motifs is 3. The van der Waals surface area contributed by atoms with Crippen LogP contribution in [0.25, 0.3) is 11.3 Å². The first-order chi connectivity index (χ1) is 27.3. The maximum absolute atomic E-state index is 15.2. The number of amides is 2. The zero-order chi connectivity index (χ0) is 38.3. The van der Waals surface area contributed by atoms with E-state index in [1.807, 2.05) is 23.1 Å². The summed E-state index contributed by atoms with van der Waals surface area (Å²) >= 11 is 0. The summed E-state index contributed by atoms with van der Waals surface area (Å²) < 4.78 is 49.6. The van der Waals surface area contributed by atoms with Gasteiger partial charge in [-0.25, -0.2) is 8.78 Å². The van der Waals surface area contributed by atoms with Crippen molar-refractivity contribution in [3.63, 3.8) is 0 Å². The summed E-state index contributed by atoms with van der Waals surface area (Å²) in [5.41, 5.74) is 5.34. The van der Waals surface area contributed by atoms with Crippen LogP contribution in [0.15, 0.2) is 84.9 Å². The molecule has 2 amide bonds. The molecule has 1 fully saturated rings. The van der Waals surface area contributed by atoms with Crippen molar-refractivity contribution in [3.8, 4) is 28.5 Å². The molecule has 0 bridgehead atoms. The third kappa shape index (κ3) is 6.77. The molecule has 4 aromatic carbocycles. The number of phenols is 1. The maximum atomic E-state index is 15.2. The minimum absolute atomic E-state index is 0.00821. The monoisotopic (exact) mass is 760 g/mol. The quantitative estimate of drug-likeness (QED) is 0.183. The van der Waals surface area contributed by atoms with Gasteiger partial charge in [-0.15, -0.1) is 0 Å². The SMILES string of the molecule is O=C(c1cc(-c2cc3c(cc2C(=O)N2Cc4ccccc4C[C@H]2CN2CCOCC2)OCO3)n2c1CCCC2)N(Cc1c(F)cccc1F)c1ccc(O)cc1. The molecule has 1 atom stereocenters. The van der Waals surface area contributed by atoms with Crippen molar-refractivity contribution < 1.29 is 37.7 Å². The number of nitrogens with zero attached hydrogens (tertiary/aromatic N) is 4. The molecule has 9 rings (SSSR count). The largest absolute Gasteiger partial charge is 0.508 e. The van der Waals surface area contributed by atoms with Gasteiger partial charge in [0.2, 0.25) is 6.79 Å². The Morgan fingerprint density at radius 1 is 0.821 bits per heavy atom. The van der Waals surface area contributed by atoms with Gasteiger partial charge in [-0.2, -0.15) is 0 Å². The van der Waals surface area contributed by atoms with Crippen LogP contribution >= 0.6 is 0 Å². The minimum Gasteiger partial charge on any atom is -0.508 e.